The molecule has 1 saturated heterocycles. The van der Waals surface area contributed by atoms with Gasteiger partial charge in [-0.2, -0.15) is 0 Å². The van der Waals surface area contributed by atoms with Gasteiger partial charge in [0.15, 0.2) is 0 Å². The molecule has 2 unspecified atom stereocenters. The van der Waals surface area contributed by atoms with E-state index in [2.05, 4.69) is 10.2 Å². The number of nitrogens with one attached hydrogen (secondary N) is 1. The van der Waals surface area contributed by atoms with Crippen molar-refractivity contribution in [1.29, 1.82) is 0 Å². The van der Waals surface area contributed by atoms with Gasteiger partial charge in [-0.3, -0.25) is 4.90 Å². The summed E-state index contributed by atoms with van der Waals surface area (Å²) in [6.07, 6.45) is 8.44. The van der Waals surface area contributed by atoms with Crippen molar-refractivity contribution in [3.05, 3.63) is 0 Å². The van der Waals surface area contributed by atoms with Gasteiger partial charge in [-0.15, -0.1) is 0 Å². The second-order valence-corrected chi connectivity index (χ2v) is 5.53. The quantitative estimate of drug-likeness (QED) is 0.688. The standard InChI is InChI=1S/C14H28N2O/c1-17-12-4-8-15-9-11-16-10-3-6-13-5-2-7-14(13)16/h13-15H,2-12H2,1H3. The lowest BCUT2D eigenvalue weighted by Crippen LogP contribution is -2.45. The maximum atomic E-state index is 5.04. The van der Waals surface area contributed by atoms with Gasteiger partial charge in [-0.05, 0) is 51.1 Å². The van der Waals surface area contributed by atoms with Crippen LogP contribution in [0.2, 0.25) is 0 Å². The van der Waals surface area contributed by atoms with Crippen LogP contribution in [0.5, 0.6) is 0 Å². The van der Waals surface area contributed by atoms with Gasteiger partial charge in [-0.25, -0.2) is 0 Å². The summed E-state index contributed by atoms with van der Waals surface area (Å²) in [6.45, 7) is 5.69. The Morgan fingerprint density at radius 1 is 1.18 bits per heavy atom. The zero-order valence-corrected chi connectivity index (χ0v) is 11.3. The Morgan fingerprint density at radius 2 is 2.06 bits per heavy atom. The maximum absolute atomic E-state index is 5.04. The minimum Gasteiger partial charge on any atom is -0.385 e. The topological polar surface area (TPSA) is 24.5 Å². The summed E-state index contributed by atoms with van der Waals surface area (Å²) in [7, 11) is 1.77. The third kappa shape index (κ3) is 3.94. The number of piperidine rings is 1. The highest BCUT2D eigenvalue weighted by atomic mass is 16.5. The van der Waals surface area contributed by atoms with Crippen LogP contribution in [0.15, 0.2) is 0 Å². The molecule has 100 valence electrons. The molecule has 2 aliphatic rings. The molecule has 2 atom stereocenters. The molecule has 0 bridgehead atoms. The lowest BCUT2D eigenvalue weighted by atomic mass is 9.92. The Balaban J connectivity index is 1.58. The fourth-order valence-electron chi connectivity index (χ4n) is 3.52. The van der Waals surface area contributed by atoms with Crippen LogP contribution in [-0.2, 0) is 4.74 Å². The average molecular weight is 240 g/mol. The fraction of sp³-hybridized carbons (Fsp3) is 1.00. The number of methoxy groups -OCH3 is 1. The zero-order valence-electron chi connectivity index (χ0n) is 11.3. The molecule has 0 radical (unpaired) electrons. The normalized spacial score (nSPS) is 29.5. The Morgan fingerprint density at radius 3 is 2.94 bits per heavy atom. The Labute approximate surface area is 106 Å². The second-order valence-electron chi connectivity index (χ2n) is 5.53. The molecule has 17 heavy (non-hydrogen) atoms. The smallest absolute Gasteiger partial charge is 0.0474 e. The Hall–Kier alpha value is -0.120. The molecule has 0 aromatic heterocycles. The molecule has 1 aliphatic carbocycles. The summed E-state index contributed by atoms with van der Waals surface area (Å²) >= 11 is 0. The molecule has 1 N–H and O–H groups in total. The fourth-order valence-corrected chi connectivity index (χ4v) is 3.52. The van der Waals surface area contributed by atoms with Crippen LogP contribution in [0.4, 0.5) is 0 Å². The SMILES string of the molecule is COCCCNCCN1CCCC2CCCC21. The molecule has 0 spiro atoms. The Kier molecular flexibility index (Phi) is 5.75. The van der Waals surface area contributed by atoms with Crippen molar-refractivity contribution in [2.24, 2.45) is 5.92 Å². The lowest BCUT2D eigenvalue weighted by molar-refractivity contribution is 0.114. The third-order valence-electron chi connectivity index (χ3n) is 4.39. The van der Waals surface area contributed by atoms with Crippen molar-refractivity contribution in [2.75, 3.05) is 39.9 Å². The Bertz CT molecular complexity index is 210. The van der Waals surface area contributed by atoms with Gasteiger partial charge in [-0.1, -0.05) is 6.42 Å². The summed E-state index contributed by atoms with van der Waals surface area (Å²) in [6, 6.07) is 0.921. The predicted octanol–water partition coefficient (Wildman–Crippen LogP) is 1.88. The van der Waals surface area contributed by atoms with Gasteiger partial charge in [0.05, 0.1) is 0 Å². The van der Waals surface area contributed by atoms with Crippen LogP contribution in [0, 0.1) is 5.92 Å². The average Bonchev–Trinajstić information content (AvgIpc) is 2.82. The highest BCUT2D eigenvalue weighted by Gasteiger charge is 2.34. The van der Waals surface area contributed by atoms with Gasteiger partial charge in [0, 0.05) is 32.8 Å². The first-order valence-electron chi connectivity index (χ1n) is 7.35. The highest BCUT2D eigenvalue weighted by Crippen LogP contribution is 2.36. The molecule has 3 nitrogen and oxygen atoms in total. The molecule has 0 aromatic carbocycles. The predicted molar refractivity (Wildman–Crippen MR) is 71.3 cm³/mol. The van der Waals surface area contributed by atoms with Crippen molar-refractivity contribution in [3.63, 3.8) is 0 Å². The largest absolute Gasteiger partial charge is 0.385 e. The van der Waals surface area contributed by atoms with Crippen LogP contribution < -0.4 is 5.32 Å². The van der Waals surface area contributed by atoms with Gasteiger partial charge in [0.1, 0.15) is 0 Å². The summed E-state index contributed by atoms with van der Waals surface area (Å²) in [5, 5.41) is 3.53. The van der Waals surface area contributed by atoms with Crippen molar-refractivity contribution in [1.82, 2.24) is 10.2 Å². The van der Waals surface area contributed by atoms with Crippen molar-refractivity contribution < 1.29 is 4.74 Å². The van der Waals surface area contributed by atoms with E-state index in [4.69, 9.17) is 4.74 Å². The third-order valence-corrected chi connectivity index (χ3v) is 4.39. The monoisotopic (exact) mass is 240 g/mol. The van der Waals surface area contributed by atoms with Crippen molar-refractivity contribution >= 4 is 0 Å². The lowest BCUT2D eigenvalue weighted by Gasteiger charge is -2.37. The van der Waals surface area contributed by atoms with Crippen LogP contribution in [0.1, 0.15) is 38.5 Å². The van der Waals surface area contributed by atoms with Crippen LogP contribution in [0.25, 0.3) is 0 Å². The van der Waals surface area contributed by atoms with E-state index < -0.39 is 0 Å². The number of hydrogen-bond donors (Lipinski definition) is 1. The van der Waals surface area contributed by atoms with E-state index >= 15 is 0 Å². The first-order chi connectivity index (χ1) is 8.42. The maximum Gasteiger partial charge on any atom is 0.0474 e. The zero-order chi connectivity index (χ0) is 11.9. The number of fused-ring (bicyclic) bond motifs is 1. The molecular weight excluding hydrogens is 212 g/mol. The van der Waals surface area contributed by atoms with E-state index in [0.717, 1.165) is 38.1 Å². The van der Waals surface area contributed by atoms with Gasteiger partial charge in [0.25, 0.3) is 0 Å². The number of likely N-dealkylation sites (tertiary alicyclic amines) is 1. The summed E-state index contributed by atoms with van der Waals surface area (Å²) in [5.41, 5.74) is 0. The first kappa shape index (κ1) is 13.3. The molecular formula is C14H28N2O. The van der Waals surface area contributed by atoms with Crippen LogP contribution in [-0.4, -0.2) is 50.8 Å². The van der Waals surface area contributed by atoms with Gasteiger partial charge >= 0.3 is 0 Å². The van der Waals surface area contributed by atoms with Crippen LogP contribution >= 0.6 is 0 Å². The van der Waals surface area contributed by atoms with Crippen molar-refractivity contribution in [3.8, 4) is 0 Å². The van der Waals surface area contributed by atoms with E-state index in [1.54, 1.807) is 7.11 Å². The molecule has 2 fully saturated rings. The van der Waals surface area contributed by atoms with E-state index in [-0.39, 0.29) is 0 Å². The number of rotatable bonds is 7. The van der Waals surface area contributed by atoms with E-state index in [1.165, 1.54) is 45.2 Å². The summed E-state index contributed by atoms with van der Waals surface area (Å²) in [4.78, 5) is 2.74. The molecule has 1 saturated carbocycles. The van der Waals surface area contributed by atoms with E-state index in [9.17, 15) is 0 Å². The highest BCUT2D eigenvalue weighted by molar-refractivity contribution is 4.89. The molecule has 0 aromatic rings. The molecule has 1 heterocycles. The van der Waals surface area contributed by atoms with Gasteiger partial charge in [0.2, 0.25) is 0 Å². The van der Waals surface area contributed by atoms with E-state index in [1.807, 2.05) is 0 Å². The second kappa shape index (κ2) is 7.34. The summed E-state index contributed by atoms with van der Waals surface area (Å²) in [5.74, 6) is 1.03. The minimum atomic E-state index is 0.876. The minimum absolute atomic E-state index is 0.876. The van der Waals surface area contributed by atoms with Crippen LogP contribution in [0.3, 0.4) is 0 Å². The van der Waals surface area contributed by atoms with Crippen molar-refractivity contribution in [2.45, 2.75) is 44.6 Å². The number of hydrogen-bond acceptors (Lipinski definition) is 3. The number of ether oxygens (including phenoxy) is 1. The molecule has 0 amide bonds. The van der Waals surface area contributed by atoms with Gasteiger partial charge < -0.3 is 10.1 Å². The summed E-state index contributed by atoms with van der Waals surface area (Å²) < 4.78 is 5.04. The first-order valence-corrected chi connectivity index (χ1v) is 7.35. The molecule has 2 rings (SSSR count). The number of nitrogens with zero attached hydrogens (tertiary/aromatic N) is 1. The van der Waals surface area contributed by atoms with E-state index in [0.29, 0.717) is 0 Å². The molecule has 1 aliphatic heterocycles. The molecule has 3 heteroatoms.